The molecule has 2 heteroatoms. The molecule has 0 saturated heterocycles. The normalized spacial score (nSPS) is 20.9. The Bertz CT molecular complexity index is 500. The number of hydrogen-bond donors (Lipinski definition) is 1. The largest absolute Gasteiger partial charge is 0.465 e. The molecule has 2 unspecified atom stereocenters. The Morgan fingerprint density at radius 3 is 2.65 bits per heavy atom. The van der Waals surface area contributed by atoms with E-state index in [1.54, 1.807) is 6.08 Å². The van der Waals surface area contributed by atoms with Gasteiger partial charge in [0, 0.05) is 17.9 Å². The molecule has 1 heterocycles. The van der Waals surface area contributed by atoms with Crippen LogP contribution in [-0.4, -0.2) is 11.4 Å². The molecule has 1 aliphatic rings. The van der Waals surface area contributed by atoms with Gasteiger partial charge in [-0.2, -0.15) is 0 Å². The van der Waals surface area contributed by atoms with E-state index in [9.17, 15) is 5.11 Å². The van der Waals surface area contributed by atoms with Crippen molar-refractivity contribution in [2.24, 2.45) is 0 Å². The number of rotatable bonds is 3. The van der Waals surface area contributed by atoms with Gasteiger partial charge in [-0.05, 0) is 18.6 Å². The fraction of sp³-hybridized carbons (Fsp3) is 0.333. The third-order valence-corrected chi connectivity index (χ3v) is 3.19. The topological polar surface area (TPSA) is 29.5 Å². The van der Waals surface area contributed by atoms with Gasteiger partial charge in [-0.1, -0.05) is 62.9 Å². The molecule has 0 aromatic heterocycles. The standard InChI is InChI=1S/C16H18O2.C2H6/c1-4-6-12(5-2)13-10-16(17)18-15-8-7-11(3)9-14(13)15;1-2/h4-9,13,16-17H,1-2,10H2,3H3;1-2H3/b12-6+;. The first kappa shape index (κ1) is 16.3. The molecule has 20 heavy (non-hydrogen) atoms. The predicted molar refractivity (Wildman–Crippen MR) is 85.0 cm³/mol. The molecule has 0 bridgehead atoms. The highest BCUT2D eigenvalue weighted by atomic mass is 16.6. The zero-order chi connectivity index (χ0) is 15.1. The Hall–Kier alpha value is -1.80. The number of benzene rings is 1. The number of aliphatic hydroxyl groups excluding tert-OH is 1. The van der Waals surface area contributed by atoms with E-state index in [0.29, 0.717) is 6.42 Å². The van der Waals surface area contributed by atoms with Gasteiger partial charge in [0.2, 0.25) is 0 Å². The van der Waals surface area contributed by atoms with Crippen LogP contribution in [-0.2, 0) is 0 Å². The summed E-state index contributed by atoms with van der Waals surface area (Å²) in [4.78, 5) is 0. The Kier molecular flexibility index (Phi) is 6.26. The van der Waals surface area contributed by atoms with E-state index in [2.05, 4.69) is 19.2 Å². The third-order valence-electron chi connectivity index (χ3n) is 3.19. The molecule has 0 amide bonds. The molecule has 1 aromatic carbocycles. The van der Waals surface area contributed by atoms with Gasteiger partial charge >= 0.3 is 0 Å². The Balaban J connectivity index is 0.000000956. The number of ether oxygens (including phenoxy) is 1. The van der Waals surface area contributed by atoms with Crippen molar-refractivity contribution >= 4 is 0 Å². The zero-order valence-electron chi connectivity index (χ0n) is 12.6. The molecule has 108 valence electrons. The Morgan fingerprint density at radius 1 is 1.35 bits per heavy atom. The first-order valence-corrected chi connectivity index (χ1v) is 7.06. The molecule has 0 fully saturated rings. The maximum atomic E-state index is 9.80. The number of hydrogen-bond acceptors (Lipinski definition) is 2. The molecular weight excluding hydrogens is 248 g/mol. The van der Waals surface area contributed by atoms with Crippen molar-refractivity contribution in [2.75, 3.05) is 0 Å². The van der Waals surface area contributed by atoms with Gasteiger partial charge in [0.1, 0.15) is 5.75 Å². The second-order valence-corrected chi connectivity index (χ2v) is 4.51. The minimum absolute atomic E-state index is 0.110. The summed E-state index contributed by atoms with van der Waals surface area (Å²) in [5.41, 5.74) is 3.34. The lowest BCUT2D eigenvalue weighted by Crippen LogP contribution is -2.25. The lowest BCUT2D eigenvalue weighted by Gasteiger charge is -2.30. The Labute approximate surface area is 122 Å². The number of allylic oxidation sites excluding steroid dienone is 4. The van der Waals surface area contributed by atoms with Gasteiger partial charge < -0.3 is 9.84 Å². The summed E-state index contributed by atoms with van der Waals surface area (Å²) in [5, 5.41) is 9.80. The average Bonchev–Trinajstić information content (AvgIpc) is 2.46. The zero-order valence-corrected chi connectivity index (χ0v) is 12.6. The van der Waals surface area contributed by atoms with Crippen molar-refractivity contribution in [3.05, 3.63) is 66.3 Å². The van der Waals surface area contributed by atoms with Crippen LogP contribution in [0.2, 0.25) is 0 Å². The first-order chi connectivity index (χ1) is 9.65. The maximum absolute atomic E-state index is 9.80. The van der Waals surface area contributed by atoms with Crippen molar-refractivity contribution in [3.63, 3.8) is 0 Å². The SMILES string of the molecule is C=C/C=C(\C=C)C1CC(O)Oc2ccc(C)cc21.CC. The average molecular weight is 272 g/mol. The highest BCUT2D eigenvalue weighted by Gasteiger charge is 2.28. The van der Waals surface area contributed by atoms with Crippen molar-refractivity contribution < 1.29 is 9.84 Å². The summed E-state index contributed by atoms with van der Waals surface area (Å²) >= 11 is 0. The number of aryl methyl sites for hydroxylation is 1. The number of fused-ring (bicyclic) bond motifs is 1. The highest BCUT2D eigenvalue weighted by Crippen LogP contribution is 2.40. The second kappa shape index (κ2) is 7.71. The van der Waals surface area contributed by atoms with Crippen LogP contribution in [0, 0.1) is 6.92 Å². The van der Waals surface area contributed by atoms with E-state index in [-0.39, 0.29) is 5.92 Å². The van der Waals surface area contributed by atoms with Crippen LogP contribution in [0.25, 0.3) is 0 Å². The van der Waals surface area contributed by atoms with Crippen LogP contribution in [0.1, 0.15) is 37.3 Å². The van der Waals surface area contributed by atoms with E-state index in [1.807, 2.05) is 45.1 Å². The monoisotopic (exact) mass is 272 g/mol. The van der Waals surface area contributed by atoms with Gasteiger partial charge in [-0.25, -0.2) is 0 Å². The van der Waals surface area contributed by atoms with Gasteiger partial charge in [-0.3, -0.25) is 0 Å². The maximum Gasteiger partial charge on any atom is 0.198 e. The molecule has 0 aliphatic carbocycles. The molecule has 2 rings (SSSR count). The van der Waals surface area contributed by atoms with E-state index in [4.69, 9.17) is 4.74 Å². The van der Waals surface area contributed by atoms with Crippen LogP contribution in [0.5, 0.6) is 5.75 Å². The van der Waals surface area contributed by atoms with Crippen molar-refractivity contribution in [3.8, 4) is 5.75 Å². The summed E-state index contributed by atoms with van der Waals surface area (Å²) in [6.07, 6.45) is 5.27. The molecule has 1 N–H and O–H groups in total. The Morgan fingerprint density at radius 2 is 2.05 bits per heavy atom. The molecule has 0 radical (unpaired) electrons. The molecule has 1 aliphatic heterocycles. The van der Waals surface area contributed by atoms with Crippen LogP contribution in [0.15, 0.2) is 55.2 Å². The van der Waals surface area contributed by atoms with Gasteiger partial charge in [0.05, 0.1) is 0 Å². The van der Waals surface area contributed by atoms with E-state index in [0.717, 1.165) is 16.9 Å². The number of aliphatic hydroxyl groups is 1. The van der Waals surface area contributed by atoms with E-state index >= 15 is 0 Å². The fourth-order valence-electron chi connectivity index (χ4n) is 2.35. The molecule has 2 atom stereocenters. The van der Waals surface area contributed by atoms with Crippen molar-refractivity contribution in [1.29, 1.82) is 0 Å². The molecule has 0 spiro atoms. The van der Waals surface area contributed by atoms with Crippen LogP contribution >= 0.6 is 0 Å². The third kappa shape index (κ3) is 3.61. The van der Waals surface area contributed by atoms with Crippen molar-refractivity contribution in [2.45, 2.75) is 39.4 Å². The highest BCUT2D eigenvalue weighted by molar-refractivity contribution is 5.47. The van der Waals surface area contributed by atoms with Crippen LogP contribution < -0.4 is 4.74 Å². The smallest absolute Gasteiger partial charge is 0.198 e. The van der Waals surface area contributed by atoms with Gasteiger partial charge in [0.15, 0.2) is 6.29 Å². The summed E-state index contributed by atoms with van der Waals surface area (Å²) in [5.74, 6) is 0.861. The van der Waals surface area contributed by atoms with Gasteiger partial charge in [0.25, 0.3) is 0 Å². The summed E-state index contributed by atoms with van der Waals surface area (Å²) in [6.45, 7) is 13.6. The second-order valence-electron chi connectivity index (χ2n) is 4.51. The van der Waals surface area contributed by atoms with Gasteiger partial charge in [-0.15, -0.1) is 0 Å². The molecular formula is C18H24O2. The summed E-state index contributed by atoms with van der Waals surface area (Å²) < 4.78 is 5.46. The lowest BCUT2D eigenvalue weighted by molar-refractivity contribution is -0.0359. The minimum Gasteiger partial charge on any atom is -0.465 e. The van der Waals surface area contributed by atoms with E-state index < -0.39 is 6.29 Å². The molecule has 2 nitrogen and oxygen atoms in total. The van der Waals surface area contributed by atoms with Crippen LogP contribution in [0.4, 0.5) is 0 Å². The van der Waals surface area contributed by atoms with Crippen molar-refractivity contribution in [1.82, 2.24) is 0 Å². The predicted octanol–water partition coefficient (Wildman–Crippen LogP) is 4.50. The minimum atomic E-state index is -0.765. The quantitative estimate of drug-likeness (QED) is 0.821. The first-order valence-electron chi connectivity index (χ1n) is 7.06. The molecule has 1 aromatic rings. The van der Waals surface area contributed by atoms with Crippen LogP contribution in [0.3, 0.4) is 0 Å². The van der Waals surface area contributed by atoms with E-state index in [1.165, 1.54) is 5.56 Å². The lowest BCUT2D eigenvalue weighted by atomic mass is 9.85. The molecule has 0 saturated carbocycles. The fourth-order valence-corrected chi connectivity index (χ4v) is 2.35. The summed E-state index contributed by atoms with van der Waals surface area (Å²) in [7, 11) is 0. The summed E-state index contributed by atoms with van der Waals surface area (Å²) in [6, 6.07) is 6.00.